The molecule has 3 atom stereocenters. The van der Waals surface area contributed by atoms with Crippen molar-refractivity contribution in [2.45, 2.75) is 46.0 Å². The van der Waals surface area contributed by atoms with Gasteiger partial charge in [0.05, 0.1) is 12.2 Å². The lowest BCUT2D eigenvalue weighted by Gasteiger charge is -2.36. The second-order valence-corrected chi connectivity index (χ2v) is 6.19. The second-order valence-electron chi connectivity index (χ2n) is 6.19. The Hall–Kier alpha value is -1.10. The summed E-state index contributed by atoms with van der Waals surface area (Å²) in [6.45, 7) is 11.0. The Morgan fingerprint density at radius 2 is 1.90 bits per heavy atom. The zero-order valence-electron chi connectivity index (χ0n) is 13.5. The van der Waals surface area contributed by atoms with Gasteiger partial charge >= 0.3 is 0 Å². The molecule has 0 bridgehead atoms. The van der Waals surface area contributed by atoms with Gasteiger partial charge in [0.1, 0.15) is 18.5 Å². The van der Waals surface area contributed by atoms with E-state index in [0.717, 1.165) is 18.8 Å². The molecule has 118 valence electrons. The molecule has 0 saturated carbocycles. The van der Waals surface area contributed by atoms with E-state index in [-0.39, 0.29) is 12.2 Å². The number of rotatable bonds is 5. The Morgan fingerprint density at radius 1 is 1.24 bits per heavy atom. The van der Waals surface area contributed by atoms with Gasteiger partial charge in [-0.1, -0.05) is 6.07 Å². The first-order valence-electron chi connectivity index (χ1n) is 7.70. The van der Waals surface area contributed by atoms with Gasteiger partial charge in [0.15, 0.2) is 0 Å². The summed E-state index contributed by atoms with van der Waals surface area (Å²) in [5.74, 6) is 0.820. The maximum Gasteiger partial charge on any atom is 0.119 e. The van der Waals surface area contributed by atoms with Crippen LogP contribution in [0.5, 0.6) is 5.75 Å². The number of aliphatic hydroxyl groups is 1. The molecule has 1 aliphatic heterocycles. The molecule has 1 fully saturated rings. The number of hydrogen-bond acceptors (Lipinski definition) is 4. The largest absolute Gasteiger partial charge is 0.491 e. The van der Waals surface area contributed by atoms with E-state index in [9.17, 15) is 5.11 Å². The average Bonchev–Trinajstić information content (AvgIpc) is 2.39. The Kier molecular flexibility index (Phi) is 5.62. The summed E-state index contributed by atoms with van der Waals surface area (Å²) in [5.41, 5.74) is 2.46. The minimum atomic E-state index is -0.482. The van der Waals surface area contributed by atoms with Gasteiger partial charge < -0.3 is 14.6 Å². The normalized spacial score (nSPS) is 24.8. The molecule has 0 spiro atoms. The highest BCUT2D eigenvalue weighted by molar-refractivity contribution is 5.33. The van der Waals surface area contributed by atoms with Crippen molar-refractivity contribution < 1.29 is 14.6 Å². The molecule has 0 amide bonds. The van der Waals surface area contributed by atoms with Crippen molar-refractivity contribution in [3.8, 4) is 5.75 Å². The fourth-order valence-corrected chi connectivity index (χ4v) is 2.78. The van der Waals surface area contributed by atoms with Crippen LogP contribution in [0.3, 0.4) is 0 Å². The minimum absolute atomic E-state index is 0.224. The third-order valence-corrected chi connectivity index (χ3v) is 3.88. The Morgan fingerprint density at radius 3 is 2.52 bits per heavy atom. The Balaban J connectivity index is 1.79. The van der Waals surface area contributed by atoms with Crippen LogP contribution in [0.4, 0.5) is 0 Å². The molecular weight excluding hydrogens is 266 g/mol. The summed E-state index contributed by atoms with van der Waals surface area (Å²) < 4.78 is 11.4. The fraction of sp³-hybridized carbons (Fsp3) is 0.647. The van der Waals surface area contributed by atoms with Crippen molar-refractivity contribution >= 4 is 0 Å². The number of β-amino-alcohol motifs (C(OH)–C–C–N with tert-alkyl or cyclic N) is 1. The molecule has 0 aromatic heterocycles. The number of nitrogens with zero attached hydrogens (tertiary/aromatic N) is 1. The van der Waals surface area contributed by atoms with Crippen molar-refractivity contribution in [1.82, 2.24) is 4.90 Å². The van der Waals surface area contributed by atoms with Gasteiger partial charge in [-0.2, -0.15) is 0 Å². The van der Waals surface area contributed by atoms with Gasteiger partial charge in [0.2, 0.25) is 0 Å². The third kappa shape index (κ3) is 4.99. The van der Waals surface area contributed by atoms with Gasteiger partial charge in [0.25, 0.3) is 0 Å². The van der Waals surface area contributed by atoms with E-state index in [1.54, 1.807) is 0 Å². The van der Waals surface area contributed by atoms with Crippen molar-refractivity contribution in [3.05, 3.63) is 29.3 Å². The second kappa shape index (κ2) is 7.25. The maximum absolute atomic E-state index is 10.2. The summed E-state index contributed by atoms with van der Waals surface area (Å²) in [4.78, 5) is 2.24. The molecule has 0 aliphatic carbocycles. The first-order valence-corrected chi connectivity index (χ1v) is 7.70. The smallest absolute Gasteiger partial charge is 0.119 e. The highest BCUT2D eigenvalue weighted by atomic mass is 16.5. The summed E-state index contributed by atoms with van der Waals surface area (Å²) in [7, 11) is 0. The molecule has 0 unspecified atom stereocenters. The molecule has 1 heterocycles. The molecule has 1 aromatic carbocycles. The van der Waals surface area contributed by atoms with E-state index < -0.39 is 6.10 Å². The summed E-state index contributed by atoms with van der Waals surface area (Å²) in [5, 5.41) is 10.2. The summed E-state index contributed by atoms with van der Waals surface area (Å²) in [6.07, 6.45) is -0.0349. The molecule has 21 heavy (non-hydrogen) atoms. The quantitative estimate of drug-likeness (QED) is 0.903. The fourth-order valence-electron chi connectivity index (χ4n) is 2.78. The van der Waals surface area contributed by atoms with Crippen LogP contribution in [0.15, 0.2) is 18.2 Å². The van der Waals surface area contributed by atoms with E-state index in [4.69, 9.17) is 9.47 Å². The van der Waals surface area contributed by atoms with Crippen molar-refractivity contribution in [2.24, 2.45) is 0 Å². The van der Waals surface area contributed by atoms with Crippen molar-refractivity contribution in [3.63, 3.8) is 0 Å². The van der Waals surface area contributed by atoms with Gasteiger partial charge in [-0.3, -0.25) is 4.90 Å². The molecule has 1 saturated heterocycles. The van der Waals surface area contributed by atoms with E-state index in [0.29, 0.717) is 13.2 Å². The monoisotopic (exact) mass is 293 g/mol. The van der Waals surface area contributed by atoms with Crippen LogP contribution in [0.1, 0.15) is 25.0 Å². The zero-order valence-corrected chi connectivity index (χ0v) is 13.5. The van der Waals surface area contributed by atoms with Crippen LogP contribution in [-0.4, -0.2) is 54.6 Å². The topological polar surface area (TPSA) is 41.9 Å². The third-order valence-electron chi connectivity index (χ3n) is 3.88. The van der Waals surface area contributed by atoms with Crippen LogP contribution in [-0.2, 0) is 4.74 Å². The summed E-state index contributed by atoms with van der Waals surface area (Å²) >= 11 is 0. The highest BCUT2D eigenvalue weighted by Crippen LogP contribution is 2.17. The molecule has 0 radical (unpaired) electrons. The zero-order chi connectivity index (χ0) is 15.4. The first-order chi connectivity index (χ1) is 9.94. The van der Waals surface area contributed by atoms with E-state index in [1.165, 1.54) is 11.1 Å². The predicted octanol–water partition coefficient (Wildman–Crippen LogP) is 2.15. The van der Waals surface area contributed by atoms with Gasteiger partial charge in [-0.05, 0) is 51.0 Å². The van der Waals surface area contributed by atoms with Crippen molar-refractivity contribution in [1.29, 1.82) is 0 Å². The number of aryl methyl sites for hydroxylation is 2. The molecule has 1 N–H and O–H groups in total. The van der Waals surface area contributed by atoms with Gasteiger partial charge in [-0.15, -0.1) is 0 Å². The summed E-state index contributed by atoms with van der Waals surface area (Å²) in [6, 6.07) is 6.01. The number of aliphatic hydroxyl groups excluding tert-OH is 1. The molecule has 1 aromatic rings. The van der Waals surface area contributed by atoms with Crippen LogP contribution >= 0.6 is 0 Å². The van der Waals surface area contributed by atoms with Crippen LogP contribution in [0.2, 0.25) is 0 Å². The van der Waals surface area contributed by atoms with E-state index in [1.807, 2.05) is 18.2 Å². The molecule has 1 aliphatic rings. The molecule has 4 nitrogen and oxygen atoms in total. The average molecular weight is 293 g/mol. The van der Waals surface area contributed by atoms with Gasteiger partial charge in [0, 0.05) is 19.6 Å². The number of benzene rings is 1. The highest BCUT2D eigenvalue weighted by Gasteiger charge is 2.23. The number of ether oxygens (including phenoxy) is 2. The Labute approximate surface area is 127 Å². The SMILES string of the molecule is Cc1ccc(OC[C@@H](O)CN2C[C@H](C)O[C@@H](C)C2)cc1C. The Bertz CT molecular complexity index is 453. The predicted molar refractivity (Wildman–Crippen MR) is 83.9 cm³/mol. The molecular formula is C17H27NO3. The molecule has 4 heteroatoms. The standard InChI is InChI=1S/C17H27NO3/c1-12-5-6-17(7-13(12)2)20-11-16(19)10-18-8-14(3)21-15(4)9-18/h5-7,14-16,19H,8-11H2,1-4H3/t14-,15-,16-/m0/s1. The lowest BCUT2D eigenvalue weighted by atomic mass is 10.1. The van der Waals surface area contributed by atoms with E-state index in [2.05, 4.69) is 32.6 Å². The van der Waals surface area contributed by atoms with Crippen molar-refractivity contribution in [2.75, 3.05) is 26.2 Å². The van der Waals surface area contributed by atoms with Crippen LogP contribution in [0.25, 0.3) is 0 Å². The lowest BCUT2D eigenvalue weighted by Crippen LogP contribution is -2.48. The van der Waals surface area contributed by atoms with Crippen LogP contribution in [0, 0.1) is 13.8 Å². The first kappa shape index (κ1) is 16.3. The number of morpholine rings is 1. The van der Waals surface area contributed by atoms with E-state index >= 15 is 0 Å². The molecule has 2 rings (SSSR count). The van der Waals surface area contributed by atoms with Crippen LogP contribution < -0.4 is 4.74 Å². The number of hydrogen-bond donors (Lipinski definition) is 1. The lowest BCUT2D eigenvalue weighted by molar-refractivity contribution is -0.0786. The minimum Gasteiger partial charge on any atom is -0.491 e. The van der Waals surface area contributed by atoms with Gasteiger partial charge in [-0.25, -0.2) is 0 Å². The maximum atomic E-state index is 10.2.